The van der Waals surface area contributed by atoms with Gasteiger partial charge in [0.2, 0.25) is 0 Å². The fourth-order valence-electron chi connectivity index (χ4n) is 2.58. The van der Waals surface area contributed by atoms with Crippen molar-refractivity contribution in [2.24, 2.45) is 0 Å². The van der Waals surface area contributed by atoms with Crippen LogP contribution >= 0.6 is 0 Å². The van der Waals surface area contributed by atoms with E-state index >= 15 is 0 Å². The molecule has 2 heterocycles. The van der Waals surface area contributed by atoms with Crippen molar-refractivity contribution < 1.29 is 18.7 Å². The van der Waals surface area contributed by atoms with Crippen molar-refractivity contribution in [3.63, 3.8) is 0 Å². The topological polar surface area (TPSA) is 78.5 Å². The molecule has 0 saturated carbocycles. The number of carbonyl (C=O) groups is 1. The second kappa shape index (κ2) is 8.44. The van der Waals surface area contributed by atoms with Gasteiger partial charge < -0.3 is 19.2 Å². The lowest BCUT2D eigenvalue weighted by atomic mass is 10.2. The summed E-state index contributed by atoms with van der Waals surface area (Å²) in [5.41, 5.74) is 1.89. The molecule has 1 N–H and O–H groups in total. The van der Waals surface area contributed by atoms with Crippen LogP contribution in [0.15, 0.2) is 47.0 Å². The molecular formula is C20H23N3O4. The molecule has 0 spiro atoms. The Morgan fingerprint density at radius 3 is 2.81 bits per heavy atom. The zero-order valence-corrected chi connectivity index (χ0v) is 15.7. The largest absolute Gasteiger partial charge is 0.497 e. The molecule has 7 heteroatoms. The summed E-state index contributed by atoms with van der Waals surface area (Å²) in [5.74, 6) is 1.93. The van der Waals surface area contributed by atoms with Gasteiger partial charge in [0, 0.05) is 30.9 Å². The first-order chi connectivity index (χ1) is 13.1. The van der Waals surface area contributed by atoms with Crippen LogP contribution < -0.4 is 14.8 Å². The van der Waals surface area contributed by atoms with Crippen molar-refractivity contribution in [1.82, 2.24) is 15.1 Å². The highest BCUT2D eigenvalue weighted by Gasteiger charge is 2.13. The van der Waals surface area contributed by atoms with Gasteiger partial charge in [-0.25, -0.2) is 0 Å². The number of amides is 1. The van der Waals surface area contributed by atoms with Crippen molar-refractivity contribution in [1.29, 1.82) is 0 Å². The maximum atomic E-state index is 12.3. The maximum absolute atomic E-state index is 12.3. The van der Waals surface area contributed by atoms with Gasteiger partial charge in [-0.2, -0.15) is 5.10 Å². The Morgan fingerprint density at radius 1 is 1.26 bits per heavy atom. The minimum atomic E-state index is -0.272. The SMILES string of the molecule is CCn1cc(CNC(=O)c2ccc(COc3cccc(OC)c3)o2)c(C)n1. The van der Waals surface area contributed by atoms with Gasteiger partial charge >= 0.3 is 0 Å². The lowest BCUT2D eigenvalue weighted by Crippen LogP contribution is -2.22. The summed E-state index contributed by atoms with van der Waals surface area (Å²) in [6.07, 6.45) is 1.94. The highest BCUT2D eigenvalue weighted by Crippen LogP contribution is 2.20. The molecule has 142 valence electrons. The van der Waals surface area contributed by atoms with E-state index in [0.717, 1.165) is 17.8 Å². The predicted octanol–water partition coefficient (Wildman–Crippen LogP) is 3.32. The van der Waals surface area contributed by atoms with E-state index in [1.165, 1.54) is 0 Å². The number of ether oxygens (including phenoxy) is 2. The fourth-order valence-corrected chi connectivity index (χ4v) is 2.58. The normalized spacial score (nSPS) is 10.6. The summed E-state index contributed by atoms with van der Waals surface area (Å²) in [6.45, 7) is 5.37. The van der Waals surface area contributed by atoms with Gasteiger partial charge in [-0.3, -0.25) is 9.48 Å². The van der Waals surface area contributed by atoms with E-state index in [0.29, 0.717) is 23.8 Å². The first-order valence-corrected chi connectivity index (χ1v) is 8.75. The molecule has 27 heavy (non-hydrogen) atoms. The van der Waals surface area contributed by atoms with Crippen LogP contribution in [-0.2, 0) is 19.7 Å². The Morgan fingerprint density at radius 2 is 2.07 bits per heavy atom. The predicted molar refractivity (Wildman–Crippen MR) is 99.8 cm³/mol. The van der Waals surface area contributed by atoms with E-state index in [1.54, 1.807) is 25.3 Å². The maximum Gasteiger partial charge on any atom is 0.287 e. The average molecular weight is 369 g/mol. The number of aromatic nitrogens is 2. The zero-order chi connectivity index (χ0) is 19.2. The van der Waals surface area contributed by atoms with E-state index in [9.17, 15) is 4.79 Å². The van der Waals surface area contributed by atoms with Crippen LogP contribution in [0.1, 0.15) is 34.5 Å². The van der Waals surface area contributed by atoms with Crippen LogP contribution in [0.4, 0.5) is 0 Å². The number of nitrogens with zero attached hydrogens (tertiary/aromatic N) is 2. The third-order valence-electron chi connectivity index (χ3n) is 4.12. The van der Waals surface area contributed by atoms with Crippen LogP contribution in [0.25, 0.3) is 0 Å². The monoisotopic (exact) mass is 369 g/mol. The third kappa shape index (κ3) is 4.69. The minimum Gasteiger partial charge on any atom is -0.497 e. The van der Waals surface area contributed by atoms with Gasteiger partial charge in [0.25, 0.3) is 5.91 Å². The highest BCUT2D eigenvalue weighted by atomic mass is 16.5. The standard InChI is InChI=1S/C20H23N3O4/c1-4-23-12-15(14(2)22-23)11-21-20(24)19-9-8-18(27-19)13-26-17-7-5-6-16(10-17)25-3/h5-10,12H,4,11,13H2,1-3H3,(H,21,24). The molecule has 2 aromatic heterocycles. The summed E-state index contributed by atoms with van der Waals surface area (Å²) in [6, 6.07) is 10.7. The second-order valence-corrected chi connectivity index (χ2v) is 6.01. The van der Waals surface area contributed by atoms with Crippen LogP contribution in [0.3, 0.4) is 0 Å². The molecule has 0 bridgehead atoms. The zero-order valence-electron chi connectivity index (χ0n) is 15.7. The van der Waals surface area contributed by atoms with Gasteiger partial charge in [-0.1, -0.05) is 6.07 Å². The first kappa shape index (κ1) is 18.6. The molecule has 7 nitrogen and oxygen atoms in total. The Hall–Kier alpha value is -3.22. The quantitative estimate of drug-likeness (QED) is 0.659. The fraction of sp³-hybridized carbons (Fsp3) is 0.300. The smallest absolute Gasteiger partial charge is 0.287 e. The van der Waals surface area contributed by atoms with Crippen LogP contribution in [0.2, 0.25) is 0 Å². The highest BCUT2D eigenvalue weighted by molar-refractivity contribution is 5.91. The van der Waals surface area contributed by atoms with E-state index in [-0.39, 0.29) is 18.3 Å². The van der Waals surface area contributed by atoms with Gasteiger partial charge in [-0.15, -0.1) is 0 Å². The molecule has 0 atom stereocenters. The van der Waals surface area contributed by atoms with E-state index in [4.69, 9.17) is 13.9 Å². The third-order valence-corrected chi connectivity index (χ3v) is 4.12. The molecule has 0 radical (unpaired) electrons. The molecule has 0 aliphatic carbocycles. The Bertz CT molecular complexity index is 914. The second-order valence-electron chi connectivity index (χ2n) is 6.01. The number of carbonyl (C=O) groups excluding carboxylic acids is 1. The van der Waals surface area contributed by atoms with Crippen LogP contribution in [0, 0.1) is 6.92 Å². The Balaban J connectivity index is 1.54. The lowest BCUT2D eigenvalue weighted by Gasteiger charge is -2.06. The summed E-state index contributed by atoms with van der Waals surface area (Å²) in [4.78, 5) is 12.3. The first-order valence-electron chi connectivity index (χ1n) is 8.75. The van der Waals surface area contributed by atoms with Crippen molar-refractivity contribution in [2.45, 2.75) is 33.5 Å². The van der Waals surface area contributed by atoms with Crippen molar-refractivity contribution in [3.05, 3.63) is 65.4 Å². The molecule has 0 saturated heterocycles. The number of furan rings is 1. The number of hydrogen-bond acceptors (Lipinski definition) is 5. The van der Waals surface area contributed by atoms with Gasteiger partial charge in [0.1, 0.15) is 23.9 Å². The van der Waals surface area contributed by atoms with Gasteiger partial charge in [0.05, 0.1) is 12.8 Å². The summed E-state index contributed by atoms with van der Waals surface area (Å²) in [7, 11) is 1.60. The minimum absolute atomic E-state index is 0.225. The Labute approximate surface area is 157 Å². The Kier molecular flexibility index (Phi) is 5.80. The van der Waals surface area contributed by atoms with Crippen LogP contribution in [0.5, 0.6) is 11.5 Å². The van der Waals surface area contributed by atoms with Crippen LogP contribution in [-0.4, -0.2) is 22.8 Å². The van der Waals surface area contributed by atoms with E-state index in [1.807, 2.05) is 42.9 Å². The van der Waals surface area contributed by atoms with Gasteiger partial charge in [0.15, 0.2) is 5.76 Å². The number of rotatable bonds is 8. The molecule has 3 aromatic rings. The number of hydrogen-bond donors (Lipinski definition) is 1. The lowest BCUT2D eigenvalue weighted by molar-refractivity contribution is 0.0919. The van der Waals surface area contributed by atoms with Crippen molar-refractivity contribution in [2.75, 3.05) is 7.11 Å². The number of aryl methyl sites for hydroxylation is 2. The van der Waals surface area contributed by atoms with E-state index in [2.05, 4.69) is 10.4 Å². The van der Waals surface area contributed by atoms with Crippen molar-refractivity contribution in [3.8, 4) is 11.5 Å². The number of nitrogens with one attached hydrogen (secondary N) is 1. The molecule has 0 fully saturated rings. The molecule has 0 aliphatic heterocycles. The van der Waals surface area contributed by atoms with Crippen molar-refractivity contribution >= 4 is 5.91 Å². The average Bonchev–Trinajstić information content (AvgIpc) is 3.31. The summed E-state index contributed by atoms with van der Waals surface area (Å²) in [5, 5.41) is 7.22. The molecule has 0 unspecified atom stereocenters. The molecular weight excluding hydrogens is 346 g/mol. The number of methoxy groups -OCH3 is 1. The molecule has 3 rings (SSSR count). The van der Waals surface area contributed by atoms with E-state index < -0.39 is 0 Å². The summed E-state index contributed by atoms with van der Waals surface area (Å²) < 4.78 is 18.3. The number of benzene rings is 1. The van der Waals surface area contributed by atoms with Gasteiger partial charge in [-0.05, 0) is 38.1 Å². The molecule has 0 aliphatic rings. The summed E-state index contributed by atoms with van der Waals surface area (Å²) >= 11 is 0. The molecule has 1 aromatic carbocycles. The molecule has 1 amide bonds.